The summed E-state index contributed by atoms with van der Waals surface area (Å²) in [6, 6.07) is 10.3. The Bertz CT molecular complexity index is 770. The molecule has 3 rings (SSSR count). The van der Waals surface area contributed by atoms with Gasteiger partial charge in [-0.25, -0.2) is 0 Å². The third-order valence-corrected chi connectivity index (χ3v) is 5.78. The van der Waals surface area contributed by atoms with E-state index >= 15 is 0 Å². The first kappa shape index (κ1) is 18.5. The number of rotatable bonds is 6. The topological polar surface area (TPSA) is 52.7 Å². The van der Waals surface area contributed by atoms with Crippen molar-refractivity contribution in [3.8, 4) is 0 Å². The molecule has 1 aromatic heterocycles. The van der Waals surface area contributed by atoms with Crippen LogP contribution in [0.1, 0.15) is 30.2 Å². The molecule has 0 atom stereocenters. The van der Waals surface area contributed by atoms with Gasteiger partial charge in [0.15, 0.2) is 0 Å². The fraction of sp³-hybridized carbons (Fsp3) is 0.400. The molecule has 1 aromatic carbocycles. The summed E-state index contributed by atoms with van der Waals surface area (Å²) in [6.07, 6.45) is 2.17. The zero-order valence-electron chi connectivity index (χ0n) is 15.3. The molecule has 0 bridgehead atoms. The summed E-state index contributed by atoms with van der Waals surface area (Å²) in [5.74, 6) is 0.00358. The lowest BCUT2D eigenvalue weighted by molar-refractivity contribution is -0.128. The van der Waals surface area contributed by atoms with E-state index in [1.807, 2.05) is 23.5 Å². The molecule has 2 amide bonds. The van der Waals surface area contributed by atoms with Crippen LogP contribution in [0.2, 0.25) is 0 Å². The fourth-order valence-corrected chi connectivity index (χ4v) is 3.97. The lowest BCUT2D eigenvalue weighted by Crippen LogP contribution is -2.29. The number of amides is 2. The van der Waals surface area contributed by atoms with E-state index in [1.165, 1.54) is 23.1 Å². The molecular formula is C20H25N3O2S. The number of hydrogen-bond acceptors (Lipinski definition) is 4. The lowest BCUT2D eigenvalue weighted by Gasteiger charge is -2.29. The molecule has 6 heteroatoms. The van der Waals surface area contributed by atoms with Crippen LogP contribution >= 0.6 is 11.3 Å². The molecule has 0 spiro atoms. The number of thiophene rings is 1. The van der Waals surface area contributed by atoms with Gasteiger partial charge in [-0.05, 0) is 54.1 Å². The first-order chi connectivity index (χ1) is 12.5. The summed E-state index contributed by atoms with van der Waals surface area (Å²) in [7, 11) is 1.75. The standard InChI is InChI=1S/C20H25N3O2S/c1-15(24)22(2)11-3-4-20(25)21-17-5-7-18(8-6-17)23-12-9-19-16(14-23)10-13-26-19/h5-8,10,13H,3-4,9,11-12,14H2,1-2H3,(H,21,25). The number of carbonyl (C=O) groups is 2. The molecule has 2 aromatic rings. The third-order valence-electron chi connectivity index (χ3n) is 4.76. The molecule has 138 valence electrons. The number of hydrogen-bond donors (Lipinski definition) is 1. The van der Waals surface area contributed by atoms with Crippen molar-refractivity contribution < 1.29 is 9.59 Å². The molecule has 2 heterocycles. The fourth-order valence-electron chi connectivity index (χ4n) is 3.08. The second kappa shape index (κ2) is 8.36. The van der Waals surface area contributed by atoms with Crippen LogP contribution < -0.4 is 10.2 Å². The number of benzene rings is 1. The molecule has 1 N–H and O–H groups in total. The second-order valence-electron chi connectivity index (χ2n) is 6.68. The Morgan fingerprint density at radius 1 is 1.23 bits per heavy atom. The summed E-state index contributed by atoms with van der Waals surface area (Å²) < 4.78 is 0. The largest absolute Gasteiger partial charge is 0.367 e. The van der Waals surface area contributed by atoms with Gasteiger partial charge in [0, 0.05) is 56.3 Å². The highest BCUT2D eigenvalue weighted by Gasteiger charge is 2.17. The van der Waals surface area contributed by atoms with Gasteiger partial charge in [-0.15, -0.1) is 11.3 Å². The monoisotopic (exact) mass is 371 g/mol. The Morgan fingerprint density at radius 3 is 2.73 bits per heavy atom. The Labute approximate surface area is 158 Å². The van der Waals surface area contributed by atoms with Crippen LogP contribution in [0.5, 0.6) is 0 Å². The van der Waals surface area contributed by atoms with Crippen molar-refractivity contribution in [2.45, 2.75) is 32.7 Å². The van der Waals surface area contributed by atoms with Crippen LogP contribution in [-0.2, 0) is 22.6 Å². The van der Waals surface area contributed by atoms with Gasteiger partial charge in [0.1, 0.15) is 0 Å². The molecule has 5 nitrogen and oxygen atoms in total. The minimum absolute atomic E-state index is 0.0180. The minimum atomic E-state index is -0.0180. The summed E-state index contributed by atoms with van der Waals surface area (Å²) in [5, 5.41) is 5.09. The zero-order valence-corrected chi connectivity index (χ0v) is 16.1. The summed E-state index contributed by atoms with van der Waals surface area (Å²) in [6.45, 7) is 4.11. The predicted molar refractivity (Wildman–Crippen MR) is 107 cm³/mol. The predicted octanol–water partition coefficient (Wildman–Crippen LogP) is 3.51. The van der Waals surface area contributed by atoms with Gasteiger partial charge in [0.25, 0.3) is 0 Å². The van der Waals surface area contributed by atoms with Crippen LogP contribution in [0, 0.1) is 0 Å². The van der Waals surface area contributed by atoms with Crippen molar-refractivity contribution in [3.63, 3.8) is 0 Å². The Kier molecular flexibility index (Phi) is 5.93. The van der Waals surface area contributed by atoms with E-state index in [1.54, 1.807) is 11.9 Å². The number of nitrogens with zero attached hydrogens (tertiary/aromatic N) is 2. The van der Waals surface area contributed by atoms with E-state index in [-0.39, 0.29) is 11.8 Å². The minimum Gasteiger partial charge on any atom is -0.367 e. The summed E-state index contributed by atoms with van der Waals surface area (Å²) >= 11 is 1.85. The number of carbonyl (C=O) groups excluding carboxylic acids is 2. The SMILES string of the molecule is CC(=O)N(C)CCCC(=O)Nc1ccc(N2CCc3sccc3C2)cc1. The molecule has 1 aliphatic rings. The maximum Gasteiger partial charge on any atom is 0.224 e. The van der Waals surface area contributed by atoms with Crippen molar-refractivity contribution in [3.05, 3.63) is 46.2 Å². The Morgan fingerprint density at radius 2 is 2.00 bits per heavy atom. The molecule has 0 saturated heterocycles. The number of fused-ring (bicyclic) bond motifs is 1. The van der Waals surface area contributed by atoms with Crippen molar-refractivity contribution in [2.75, 3.05) is 30.4 Å². The summed E-state index contributed by atoms with van der Waals surface area (Å²) in [5.41, 5.74) is 3.42. The average Bonchev–Trinajstić information content (AvgIpc) is 3.10. The van der Waals surface area contributed by atoms with Crippen molar-refractivity contribution in [1.82, 2.24) is 4.90 Å². The van der Waals surface area contributed by atoms with Crippen molar-refractivity contribution >= 4 is 34.5 Å². The number of nitrogens with one attached hydrogen (secondary N) is 1. The molecule has 0 aliphatic carbocycles. The summed E-state index contributed by atoms with van der Waals surface area (Å²) in [4.78, 5) is 28.7. The van der Waals surface area contributed by atoms with Crippen LogP contribution in [0.25, 0.3) is 0 Å². The van der Waals surface area contributed by atoms with Gasteiger partial charge in [-0.1, -0.05) is 0 Å². The first-order valence-electron chi connectivity index (χ1n) is 8.95. The van der Waals surface area contributed by atoms with Crippen molar-refractivity contribution in [1.29, 1.82) is 0 Å². The first-order valence-corrected chi connectivity index (χ1v) is 9.82. The van der Waals surface area contributed by atoms with E-state index < -0.39 is 0 Å². The van der Waals surface area contributed by atoms with Gasteiger partial charge in [-0.2, -0.15) is 0 Å². The van der Waals surface area contributed by atoms with Gasteiger partial charge >= 0.3 is 0 Å². The van der Waals surface area contributed by atoms with Crippen LogP contribution in [0.4, 0.5) is 11.4 Å². The average molecular weight is 372 g/mol. The highest BCUT2D eigenvalue weighted by molar-refractivity contribution is 7.10. The normalized spacial score (nSPS) is 13.2. The highest BCUT2D eigenvalue weighted by Crippen LogP contribution is 2.28. The zero-order chi connectivity index (χ0) is 18.5. The van der Waals surface area contributed by atoms with Gasteiger partial charge in [0.05, 0.1) is 0 Å². The van der Waals surface area contributed by atoms with E-state index in [9.17, 15) is 9.59 Å². The van der Waals surface area contributed by atoms with E-state index in [2.05, 4.69) is 33.8 Å². The number of anilines is 2. The van der Waals surface area contributed by atoms with Crippen LogP contribution in [0.15, 0.2) is 35.7 Å². The smallest absolute Gasteiger partial charge is 0.224 e. The van der Waals surface area contributed by atoms with Crippen molar-refractivity contribution in [2.24, 2.45) is 0 Å². The van der Waals surface area contributed by atoms with Gasteiger partial charge < -0.3 is 15.1 Å². The molecule has 26 heavy (non-hydrogen) atoms. The maximum absolute atomic E-state index is 12.0. The Hall–Kier alpha value is -2.34. The van der Waals surface area contributed by atoms with E-state index in [4.69, 9.17) is 0 Å². The third kappa shape index (κ3) is 4.64. The molecule has 0 unspecified atom stereocenters. The highest BCUT2D eigenvalue weighted by atomic mass is 32.1. The van der Waals surface area contributed by atoms with Gasteiger partial charge in [0.2, 0.25) is 11.8 Å². The second-order valence-corrected chi connectivity index (χ2v) is 7.68. The maximum atomic E-state index is 12.0. The molecule has 0 saturated carbocycles. The van der Waals surface area contributed by atoms with Gasteiger partial charge in [-0.3, -0.25) is 9.59 Å². The van der Waals surface area contributed by atoms with E-state index in [0.717, 1.165) is 25.2 Å². The van der Waals surface area contributed by atoms with Crippen LogP contribution in [0.3, 0.4) is 0 Å². The van der Waals surface area contributed by atoms with E-state index in [0.29, 0.717) is 19.4 Å². The Balaban J connectivity index is 1.49. The molecule has 1 aliphatic heterocycles. The molecule has 0 radical (unpaired) electrons. The molecular weight excluding hydrogens is 346 g/mol. The quantitative estimate of drug-likeness (QED) is 0.845. The lowest BCUT2D eigenvalue weighted by atomic mass is 10.1. The van der Waals surface area contributed by atoms with Crippen LogP contribution in [-0.4, -0.2) is 36.9 Å². The molecule has 0 fully saturated rings.